The Hall–Kier alpha value is -3.06. The van der Waals surface area contributed by atoms with E-state index in [4.69, 9.17) is 21.1 Å². The van der Waals surface area contributed by atoms with Crippen LogP contribution in [0, 0.1) is 34.6 Å². The number of rotatable bonds is 5. The molecule has 0 unspecified atom stereocenters. The van der Waals surface area contributed by atoms with Crippen LogP contribution in [0.2, 0.25) is 5.02 Å². The summed E-state index contributed by atoms with van der Waals surface area (Å²) in [7, 11) is 1.41. The van der Waals surface area contributed by atoms with Crippen molar-refractivity contribution in [1.29, 1.82) is 0 Å². The Balaban J connectivity index is 2.00. The number of benzene rings is 2. The summed E-state index contributed by atoms with van der Waals surface area (Å²) in [5.41, 5.74) is 9.85. The van der Waals surface area contributed by atoms with Crippen LogP contribution in [-0.4, -0.2) is 31.5 Å². The van der Waals surface area contributed by atoms with Crippen molar-refractivity contribution in [3.8, 4) is 5.75 Å². The van der Waals surface area contributed by atoms with Crippen molar-refractivity contribution in [1.82, 2.24) is 10.9 Å². The minimum atomic E-state index is -0.687. The van der Waals surface area contributed by atoms with E-state index in [-0.39, 0.29) is 5.56 Å². The Morgan fingerprint density at radius 1 is 0.900 bits per heavy atom. The summed E-state index contributed by atoms with van der Waals surface area (Å²) >= 11 is 5.90. The molecule has 2 N–H and O–H groups in total. The van der Waals surface area contributed by atoms with Crippen molar-refractivity contribution in [3.05, 3.63) is 62.2 Å². The molecule has 7 nitrogen and oxygen atoms in total. The Morgan fingerprint density at radius 2 is 1.47 bits per heavy atom. The second-order valence-corrected chi connectivity index (χ2v) is 7.36. The maximum absolute atomic E-state index is 12.6. The largest absolute Gasteiger partial charge is 0.496 e. The molecule has 0 spiro atoms. The third-order valence-electron chi connectivity index (χ3n) is 5.26. The number of carbonyl (C=O) groups excluding carboxylic acids is 3. The van der Waals surface area contributed by atoms with Gasteiger partial charge in [-0.3, -0.25) is 20.4 Å². The summed E-state index contributed by atoms with van der Waals surface area (Å²) in [5, 5.41) is 0.343. The number of carbonyl (C=O) groups is 3. The highest BCUT2D eigenvalue weighted by Gasteiger charge is 2.20. The molecular formula is C22H25ClN2O5. The Labute approximate surface area is 180 Å². The quantitative estimate of drug-likeness (QED) is 0.557. The number of methoxy groups -OCH3 is 1. The first-order chi connectivity index (χ1) is 14.1. The van der Waals surface area contributed by atoms with Crippen molar-refractivity contribution < 1.29 is 23.9 Å². The molecule has 0 saturated heterocycles. The first-order valence-electron chi connectivity index (χ1n) is 9.25. The lowest BCUT2D eigenvalue weighted by atomic mass is 9.90. The van der Waals surface area contributed by atoms with E-state index in [9.17, 15) is 14.4 Å². The highest BCUT2D eigenvalue weighted by atomic mass is 35.5. The number of hydrogen-bond acceptors (Lipinski definition) is 5. The van der Waals surface area contributed by atoms with Gasteiger partial charge in [-0.1, -0.05) is 11.6 Å². The number of halogens is 1. The molecule has 8 heteroatoms. The van der Waals surface area contributed by atoms with E-state index in [1.165, 1.54) is 19.2 Å². The molecule has 2 aromatic carbocycles. The smallest absolute Gasteiger partial charge is 0.339 e. The topological polar surface area (TPSA) is 93.7 Å². The molecule has 0 radical (unpaired) electrons. The molecular weight excluding hydrogens is 408 g/mol. The molecule has 0 fully saturated rings. The lowest BCUT2D eigenvalue weighted by molar-refractivity contribution is -0.125. The maximum atomic E-state index is 12.6. The number of esters is 1. The van der Waals surface area contributed by atoms with Crippen LogP contribution >= 0.6 is 11.6 Å². The van der Waals surface area contributed by atoms with Crippen LogP contribution < -0.4 is 15.6 Å². The van der Waals surface area contributed by atoms with Gasteiger partial charge in [0.05, 0.1) is 18.2 Å². The summed E-state index contributed by atoms with van der Waals surface area (Å²) in [6, 6.07) is 4.53. The summed E-state index contributed by atoms with van der Waals surface area (Å²) in [6.07, 6.45) is 0. The minimum absolute atomic E-state index is 0.152. The van der Waals surface area contributed by atoms with Crippen LogP contribution in [0.5, 0.6) is 5.75 Å². The Morgan fingerprint density at radius 3 is 2.03 bits per heavy atom. The van der Waals surface area contributed by atoms with Gasteiger partial charge in [0.15, 0.2) is 6.61 Å². The maximum Gasteiger partial charge on any atom is 0.339 e. The van der Waals surface area contributed by atoms with E-state index in [2.05, 4.69) is 10.9 Å². The molecule has 2 amide bonds. The molecule has 0 aliphatic heterocycles. The zero-order valence-electron chi connectivity index (χ0n) is 17.9. The molecule has 0 atom stereocenters. The van der Waals surface area contributed by atoms with Gasteiger partial charge in [0.2, 0.25) is 0 Å². The van der Waals surface area contributed by atoms with Gasteiger partial charge >= 0.3 is 5.97 Å². The third-order valence-corrected chi connectivity index (χ3v) is 5.50. The molecule has 160 valence electrons. The standard InChI is InChI=1S/C22H25ClN2O5/c1-11-12(2)14(4)20(15(5)13(11)3)22(28)30-10-19(26)24-25-21(27)17-9-16(23)7-8-18(17)29-6/h7-9H,10H2,1-6H3,(H,24,26)(H,25,27). The summed E-state index contributed by atoms with van der Waals surface area (Å²) in [6.45, 7) is 9.05. The van der Waals surface area contributed by atoms with Gasteiger partial charge in [0.1, 0.15) is 5.75 Å². The number of amides is 2. The van der Waals surface area contributed by atoms with Crippen LogP contribution in [0.25, 0.3) is 0 Å². The van der Waals surface area contributed by atoms with Crippen molar-refractivity contribution >= 4 is 29.4 Å². The Kier molecular flexibility index (Phi) is 7.45. The van der Waals surface area contributed by atoms with Gasteiger partial charge in [-0.05, 0) is 80.6 Å². The number of hydrazine groups is 1. The summed E-state index contributed by atoms with van der Waals surface area (Å²) in [4.78, 5) is 36.9. The van der Waals surface area contributed by atoms with E-state index in [0.717, 1.165) is 27.8 Å². The van der Waals surface area contributed by atoms with Gasteiger partial charge < -0.3 is 9.47 Å². The second kappa shape index (κ2) is 9.63. The van der Waals surface area contributed by atoms with Crippen molar-refractivity contribution in [2.45, 2.75) is 34.6 Å². The lowest BCUT2D eigenvalue weighted by Gasteiger charge is -2.17. The van der Waals surface area contributed by atoms with E-state index >= 15 is 0 Å². The SMILES string of the molecule is COc1ccc(Cl)cc1C(=O)NNC(=O)COC(=O)c1c(C)c(C)c(C)c(C)c1C. The summed E-state index contributed by atoms with van der Waals surface area (Å²) < 4.78 is 10.3. The molecule has 0 aliphatic rings. The molecule has 2 aromatic rings. The molecule has 0 heterocycles. The zero-order valence-corrected chi connectivity index (χ0v) is 18.6. The first kappa shape index (κ1) is 23.2. The van der Waals surface area contributed by atoms with E-state index in [0.29, 0.717) is 16.3 Å². The predicted octanol–water partition coefficient (Wildman–Crippen LogP) is 3.51. The van der Waals surface area contributed by atoms with E-state index < -0.39 is 24.4 Å². The molecule has 0 aliphatic carbocycles. The van der Waals surface area contributed by atoms with Crippen LogP contribution in [0.4, 0.5) is 0 Å². The summed E-state index contributed by atoms with van der Waals surface area (Å²) in [5.74, 6) is -1.60. The van der Waals surface area contributed by atoms with Gasteiger partial charge in [0, 0.05) is 5.02 Å². The fourth-order valence-corrected chi connectivity index (χ4v) is 3.27. The number of nitrogens with one attached hydrogen (secondary N) is 2. The monoisotopic (exact) mass is 432 g/mol. The highest BCUT2D eigenvalue weighted by molar-refractivity contribution is 6.31. The number of ether oxygens (including phenoxy) is 2. The van der Waals surface area contributed by atoms with Crippen molar-refractivity contribution in [2.24, 2.45) is 0 Å². The first-order valence-corrected chi connectivity index (χ1v) is 9.63. The molecule has 30 heavy (non-hydrogen) atoms. The molecule has 2 rings (SSSR count). The van der Waals surface area contributed by atoms with Crippen LogP contribution in [0.15, 0.2) is 18.2 Å². The van der Waals surface area contributed by atoms with Crippen molar-refractivity contribution in [2.75, 3.05) is 13.7 Å². The fraction of sp³-hybridized carbons (Fsp3) is 0.318. The van der Waals surface area contributed by atoms with Crippen LogP contribution in [0.3, 0.4) is 0 Å². The zero-order chi connectivity index (χ0) is 22.6. The minimum Gasteiger partial charge on any atom is -0.496 e. The Bertz CT molecular complexity index is 988. The van der Waals surface area contributed by atoms with Gasteiger partial charge in [0.25, 0.3) is 11.8 Å². The van der Waals surface area contributed by atoms with E-state index in [1.807, 2.05) is 34.6 Å². The molecule has 0 aromatic heterocycles. The van der Waals surface area contributed by atoms with Crippen LogP contribution in [0.1, 0.15) is 48.5 Å². The van der Waals surface area contributed by atoms with Crippen molar-refractivity contribution in [3.63, 3.8) is 0 Å². The van der Waals surface area contributed by atoms with Crippen LogP contribution in [-0.2, 0) is 9.53 Å². The lowest BCUT2D eigenvalue weighted by Crippen LogP contribution is -2.43. The number of hydrogen-bond donors (Lipinski definition) is 2. The molecule has 0 bridgehead atoms. The van der Waals surface area contributed by atoms with Gasteiger partial charge in [-0.15, -0.1) is 0 Å². The normalized spacial score (nSPS) is 10.4. The average molecular weight is 433 g/mol. The third kappa shape index (κ3) is 4.91. The van der Waals surface area contributed by atoms with Gasteiger partial charge in [-0.25, -0.2) is 4.79 Å². The van der Waals surface area contributed by atoms with Gasteiger partial charge in [-0.2, -0.15) is 0 Å². The fourth-order valence-electron chi connectivity index (χ4n) is 3.10. The van der Waals surface area contributed by atoms with E-state index in [1.54, 1.807) is 6.07 Å². The predicted molar refractivity (Wildman–Crippen MR) is 114 cm³/mol. The average Bonchev–Trinajstić information content (AvgIpc) is 2.73. The molecule has 0 saturated carbocycles. The highest BCUT2D eigenvalue weighted by Crippen LogP contribution is 2.26. The second-order valence-electron chi connectivity index (χ2n) is 6.92.